The molecule has 1 N–H and O–H groups in total. The first-order valence-corrected chi connectivity index (χ1v) is 10.4. The summed E-state index contributed by atoms with van der Waals surface area (Å²) < 4.78 is 31.6. The van der Waals surface area contributed by atoms with Gasteiger partial charge in [-0.1, -0.05) is 35.1 Å². The number of hydrogen-bond donors (Lipinski definition) is 1. The largest absolute Gasteiger partial charge is 0.497 e. The van der Waals surface area contributed by atoms with Gasteiger partial charge in [0.25, 0.3) is 20.3 Å². The zero-order valence-electron chi connectivity index (χ0n) is 15.4. The molecule has 1 heterocycles. The first kappa shape index (κ1) is 19.8. The van der Waals surface area contributed by atoms with Crippen LogP contribution in [0, 0.1) is 6.92 Å². The Balaban J connectivity index is 1.78. The molecule has 0 aliphatic heterocycles. The molecule has 2 aromatic carbocycles. The van der Waals surface area contributed by atoms with Gasteiger partial charge in [-0.25, -0.2) is 0 Å². The number of rotatable bonds is 6. The number of anilines is 2. The van der Waals surface area contributed by atoms with E-state index in [0.717, 1.165) is 21.2 Å². The molecule has 0 spiro atoms. The number of aromatic nitrogens is 2. The minimum atomic E-state index is -3.89. The molecule has 0 unspecified atom stereocenters. The molecule has 1 amide bonds. The molecular formula is C18H18N4O4S2. The van der Waals surface area contributed by atoms with Gasteiger partial charge in [-0.15, -0.1) is 10.2 Å². The van der Waals surface area contributed by atoms with Gasteiger partial charge in [-0.2, -0.15) is 8.42 Å². The van der Waals surface area contributed by atoms with Crippen LogP contribution in [-0.4, -0.2) is 38.7 Å². The second kappa shape index (κ2) is 7.95. The number of aryl methyl sites for hydroxylation is 1. The Morgan fingerprint density at radius 1 is 1.14 bits per heavy atom. The topological polar surface area (TPSA) is 101 Å². The summed E-state index contributed by atoms with van der Waals surface area (Å²) in [7, 11) is -0.944. The number of carbonyl (C=O) groups is 1. The van der Waals surface area contributed by atoms with Crippen LogP contribution in [0.1, 0.15) is 15.9 Å². The highest BCUT2D eigenvalue weighted by molar-refractivity contribution is 7.94. The molecule has 10 heteroatoms. The zero-order valence-corrected chi connectivity index (χ0v) is 17.0. The number of carbonyl (C=O) groups excluding carboxylic acids is 1. The lowest BCUT2D eigenvalue weighted by Gasteiger charge is -2.17. The van der Waals surface area contributed by atoms with Crippen LogP contribution in [0.25, 0.3) is 0 Å². The number of methoxy groups -OCH3 is 1. The molecular weight excluding hydrogens is 400 g/mol. The van der Waals surface area contributed by atoms with Crippen molar-refractivity contribution in [2.75, 3.05) is 23.8 Å². The Morgan fingerprint density at radius 3 is 2.54 bits per heavy atom. The monoisotopic (exact) mass is 418 g/mol. The van der Waals surface area contributed by atoms with Crippen molar-refractivity contribution in [1.82, 2.24) is 10.2 Å². The van der Waals surface area contributed by atoms with Crippen molar-refractivity contribution >= 4 is 38.1 Å². The Kier molecular flexibility index (Phi) is 5.61. The van der Waals surface area contributed by atoms with Gasteiger partial charge in [0, 0.05) is 12.6 Å². The molecule has 0 aliphatic carbocycles. The quantitative estimate of drug-likeness (QED) is 0.618. The van der Waals surface area contributed by atoms with Crippen LogP contribution >= 0.6 is 11.3 Å². The summed E-state index contributed by atoms with van der Waals surface area (Å²) in [6.07, 6.45) is 0. The number of ether oxygens (including phenoxy) is 1. The van der Waals surface area contributed by atoms with Crippen molar-refractivity contribution in [3.63, 3.8) is 0 Å². The average molecular weight is 419 g/mol. The fourth-order valence-corrected chi connectivity index (χ4v) is 4.55. The predicted molar refractivity (Wildman–Crippen MR) is 108 cm³/mol. The number of hydrogen-bond acceptors (Lipinski definition) is 7. The van der Waals surface area contributed by atoms with E-state index < -0.39 is 15.9 Å². The van der Waals surface area contributed by atoms with Crippen molar-refractivity contribution in [1.29, 1.82) is 0 Å². The van der Waals surface area contributed by atoms with Crippen LogP contribution < -0.4 is 14.4 Å². The van der Waals surface area contributed by atoms with Crippen LogP contribution in [0.5, 0.6) is 5.75 Å². The first-order valence-electron chi connectivity index (χ1n) is 8.16. The Bertz CT molecular complexity index is 1090. The molecule has 0 fully saturated rings. The molecule has 3 rings (SSSR count). The Labute approximate surface area is 166 Å². The molecule has 0 bridgehead atoms. The third-order valence-corrected chi connectivity index (χ3v) is 6.91. The van der Waals surface area contributed by atoms with Gasteiger partial charge >= 0.3 is 0 Å². The highest BCUT2D eigenvalue weighted by atomic mass is 32.2. The second-order valence-electron chi connectivity index (χ2n) is 5.87. The molecule has 0 saturated carbocycles. The van der Waals surface area contributed by atoms with Gasteiger partial charge < -0.3 is 4.74 Å². The van der Waals surface area contributed by atoms with Crippen LogP contribution in [-0.2, 0) is 10.0 Å². The van der Waals surface area contributed by atoms with E-state index in [1.165, 1.54) is 14.2 Å². The Morgan fingerprint density at radius 2 is 1.86 bits per heavy atom. The lowest BCUT2D eigenvalue weighted by Crippen LogP contribution is -2.26. The van der Waals surface area contributed by atoms with Crippen LogP contribution in [0.3, 0.4) is 0 Å². The fourth-order valence-electron chi connectivity index (χ4n) is 2.31. The highest BCUT2D eigenvalue weighted by Gasteiger charge is 2.26. The van der Waals surface area contributed by atoms with E-state index >= 15 is 0 Å². The average Bonchev–Trinajstić information content (AvgIpc) is 3.17. The minimum absolute atomic E-state index is 0.0868. The highest BCUT2D eigenvalue weighted by Crippen LogP contribution is 2.27. The second-order valence-corrected chi connectivity index (χ2v) is 8.99. The normalized spacial score (nSPS) is 11.1. The van der Waals surface area contributed by atoms with Gasteiger partial charge in [0.15, 0.2) is 0 Å². The van der Waals surface area contributed by atoms with Crippen molar-refractivity contribution in [2.45, 2.75) is 11.3 Å². The zero-order chi connectivity index (χ0) is 20.3. The molecule has 0 aliphatic rings. The number of nitrogens with zero attached hydrogens (tertiary/aromatic N) is 3. The van der Waals surface area contributed by atoms with Crippen molar-refractivity contribution in [3.8, 4) is 5.75 Å². The van der Waals surface area contributed by atoms with Crippen molar-refractivity contribution in [3.05, 3.63) is 59.7 Å². The van der Waals surface area contributed by atoms with E-state index in [-0.39, 0.29) is 9.47 Å². The smallest absolute Gasteiger partial charge is 0.293 e. The lowest BCUT2D eigenvalue weighted by atomic mass is 10.2. The molecule has 146 valence electrons. The molecule has 28 heavy (non-hydrogen) atoms. The summed E-state index contributed by atoms with van der Waals surface area (Å²) in [6, 6.07) is 13.6. The summed E-state index contributed by atoms with van der Waals surface area (Å²) in [6.45, 7) is 1.92. The van der Waals surface area contributed by atoms with Crippen molar-refractivity contribution in [2.24, 2.45) is 0 Å². The van der Waals surface area contributed by atoms with Gasteiger partial charge in [0.2, 0.25) is 5.13 Å². The van der Waals surface area contributed by atoms with Gasteiger partial charge in [0.05, 0.1) is 12.8 Å². The molecule has 0 radical (unpaired) electrons. The maximum absolute atomic E-state index is 12.8. The third kappa shape index (κ3) is 4.12. The number of sulfonamides is 1. The SMILES string of the molecule is COc1cccc(C(=O)Nc2nnc(S(=O)(=O)N(C)c3ccc(C)cc3)s2)c1. The van der Waals surface area contributed by atoms with E-state index in [9.17, 15) is 13.2 Å². The summed E-state index contributed by atoms with van der Waals surface area (Å²) in [5.41, 5.74) is 1.88. The number of benzene rings is 2. The van der Waals surface area contributed by atoms with E-state index in [4.69, 9.17) is 4.74 Å². The fraction of sp³-hybridized carbons (Fsp3) is 0.167. The number of amides is 1. The minimum Gasteiger partial charge on any atom is -0.497 e. The van der Waals surface area contributed by atoms with Gasteiger partial charge in [-0.3, -0.25) is 14.4 Å². The molecule has 0 saturated heterocycles. The maximum atomic E-state index is 12.8. The summed E-state index contributed by atoms with van der Waals surface area (Å²) >= 11 is 0.784. The maximum Gasteiger partial charge on any atom is 0.293 e. The summed E-state index contributed by atoms with van der Waals surface area (Å²) in [5.74, 6) is 0.0961. The molecule has 0 atom stereocenters. The number of nitrogens with one attached hydrogen (secondary N) is 1. The summed E-state index contributed by atoms with van der Waals surface area (Å²) in [5, 5.41) is 10.2. The van der Waals surface area contributed by atoms with E-state index in [0.29, 0.717) is 17.0 Å². The standard InChI is InChI=1S/C18H18N4O4S2/c1-12-7-9-14(10-8-12)22(2)28(24,25)18-21-20-17(27-18)19-16(23)13-5-4-6-15(11-13)26-3/h4-11H,1-3H3,(H,19,20,23). The first-order chi connectivity index (χ1) is 13.3. The predicted octanol–water partition coefficient (Wildman–Crippen LogP) is 2.93. The Hall–Kier alpha value is -2.98. The van der Waals surface area contributed by atoms with Crippen LogP contribution in [0.15, 0.2) is 52.9 Å². The van der Waals surface area contributed by atoms with E-state index in [2.05, 4.69) is 15.5 Å². The van der Waals surface area contributed by atoms with E-state index in [1.807, 2.05) is 19.1 Å². The van der Waals surface area contributed by atoms with Gasteiger partial charge in [0.1, 0.15) is 5.75 Å². The van der Waals surface area contributed by atoms with Crippen molar-refractivity contribution < 1.29 is 17.9 Å². The van der Waals surface area contributed by atoms with Crippen LogP contribution in [0.4, 0.5) is 10.8 Å². The summed E-state index contributed by atoms with van der Waals surface area (Å²) in [4.78, 5) is 12.3. The van der Waals surface area contributed by atoms with Crippen LogP contribution in [0.2, 0.25) is 0 Å². The molecule has 1 aromatic heterocycles. The van der Waals surface area contributed by atoms with Gasteiger partial charge in [-0.05, 0) is 37.3 Å². The lowest BCUT2D eigenvalue weighted by molar-refractivity contribution is 0.102. The molecule has 8 nitrogen and oxygen atoms in total. The molecule has 3 aromatic rings. The third-order valence-electron chi connectivity index (χ3n) is 3.94. The van der Waals surface area contributed by atoms with E-state index in [1.54, 1.807) is 36.4 Å².